The average molecular weight is 214 g/mol. The van der Waals surface area contributed by atoms with Gasteiger partial charge >= 0.3 is 0 Å². The first-order valence-corrected chi connectivity index (χ1v) is 5.89. The van der Waals surface area contributed by atoms with Gasteiger partial charge < -0.3 is 5.32 Å². The van der Waals surface area contributed by atoms with Crippen molar-refractivity contribution in [3.8, 4) is 0 Å². The van der Waals surface area contributed by atoms with Crippen LogP contribution in [0.15, 0.2) is 0 Å². The maximum Gasteiger partial charge on any atom is 0.00277 e. The van der Waals surface area contributed by atoms with Crippen LogP contribution in [0.4, 0.5) is 0 Å². The second-order valence-corrected chi connectivity index (χ2v) is 7.28. The average Bonchev–Trinajstić information content (AvgIpc) is 1.65. The molecule has 0 amide bonds. The fourth-order valence-electron chi connectivity index (χ4n) is 0.924. The summed E-state index contributed by atoms with van der Waals surface area (Å²) in [5.74, 6) is 2.85. The summed E-state index contributed by atoms with van der Waals surface area (Å²) in [5, 5.41) is 3.36. The fraction of sp³-hybridized carbons (Fsp3) is 1.00. The van der Waals surface area contributed by atoms with E-state index in [9.17, 15) is 0 Å². The van der Waals surface area contributed by atoms with E-state index in [1.807, 2.05) is 0 Å². The Morgan fingerprint density at radius 1 is 1.11 bits per heavy atom. The van der Waals surface area contributed by atoms with Gasteiger partial charge in [-0.15, -0.1) is 17.0 Å². The fourth-order valence-corrected chi connectivity index (χ4v) is 2.52. The SMILES string of the molecule is Br.CS1(C)CCNCC1. The summed E-state index contributed by atoms with van der Waals surface area (Å²) in [7, 11) is -0.145. The Morgan fingerprint density at radius 3 is 1.78 bits per heavy atom. The van der Waals surface area contributed by atoms with E-state index in [0.29, 0.717) is 0 Å². The molecule has 1 N–H and O–H groups in total. The molecule has 0 aromatic carbocycles. The lowest BCUT2D eigenvalue weighted by Crippen LogP contribution is -2.32. The van der Waals surface area contributed by atoms with Crippen LogP contribution >= 0.6 is 27.0 Å². The molecule has 0 bridgehead atoms. The maximum absolute atomic E-state index is 3.36. The molecule has 0 atom stereocenters. The molecule has 1 fully saturated rings. The molecule has 3 heteroatoms. The third kappa shape index (κ3) is 3.48. The quantitative estimate of drug-likeness (QED) is 0.639. The second kappa shape index (κ2) is 3.84. The first kappa shape index (κ1) is 9.79. The van der Waals surface area contributed by atoms with Crippen molar-refractivity contribution in [2.24, 2.45) is 0 Å². The van der Waals surface area contributed by atoms with Crippen molar-refractivity contribution in [2.75, 3.05) is 37.1 Å². The van der Waals surface area contributed by atoms with Gasteiger partial charge in [0.05, 0.1) is 0 Å². The monoisotopic (exact) mass is 213 g/mol. The first-order valence-electron chi connectivity index (χ1n) is 3.10. The number of rotatable bonds is 0. The van der Waals surface area contributed by atoms with E-state index in [-0.39, 0.29) is 27.0 Å². The molecule has 1 aliphatic rings. The van der Waals surface area contributed by atoms with E-state index < -0.39 is 0 Å². The summed E-state index contributed by atoms with van der Waals surface area (Å²) in [6.45, 7) is 2.50. The smallest absolute Gasteiger partial charge is 0.00277 e. The Morgan fingerprint density at radius 2 is 1.56 bits per heavy atom. The molecule has 0 spiro atoms. The minimum absolute atomic E-state index is 0. The number of halogens is 1. The van der Waals surface area contributed by atoms with Gasteiger partial charge in [-0.05, 0) is 24.0 Å². The van der Waals surface area contributed by atoms with Crippen LogP contribution in [-0.4, -0.2) is 37.1 Å². The summed E-state index contributed by atoms with van der Waals surface area (Å²) in [6.07, 6.45) is 4.85. The highest BCUT2D eigenvalue weighted by Gasteiger charge is 2.13. The lowest BCUT2D eigenvalue weighted by molar-refractivity contribution is 0.749. The molecule has 1 aliphatic heterocycles. The van der Waals surface area contributed by atoms with Gasteiger partial charge in [0.15, 0.2) is 0 Å². The molecule has 0 unspecified atom stereocenters. The van der Waals surface area contributed by atoms with E-state index in [1.54, 1.807) is 0 Å². The largest absolute Gasteiger partial charge is 0.315 e. The molecule has 58 valence electrons. The van der Waals surface area contributed by atoms with E-state index in [2.05, 4.69) is 17.8 Å². The van der Waals surface area contributed by atoms with Crippen LogP contribution in [0.2, 0.25) is 0 Å². The van der Waals surface area contributed by atoms with E-state index in [1.165, 1.54) is 24.6 Å². The van der Waals surface area contributed by atoms with Crippen LogP contribution in [0.25, 0.3) is 0 Å². The highest BCUT2D eigenvalue weighted by molar-refractivity contribution is 8.93. The predicted octanol–water partition coefficient (Wildman–Crippen LogP) is 1.23. The molecule has 1 nitrogen and oxygen atoms in total. The summed E-state index contributed by atoms with van der Waals surface area (Å²) in [5.41, 5.74) is 0. The minimum Gasteiger partial charge on any atom is -0.315 e. The molecule has 1 heterocycles. The Labute approximate surface area is 69.7 Å². The summed E-state index contributed by atoms with van der Waals surface area (Å²) in [4.78, 5) is 0. The third-order valence-corrected chi connectivity index (χ3v) is 4.28. The normalized spacial score (nSPS) is 28.2. The van der Waals surface area contributed by atoms with Crippen LogP contribution in [0.5, 0.6) is 0 Å². The van der Waals surface area contributed by atoms with Crippen molar-refractivity contribution < 1.29 is 0 Å². The van der Waals surface area contributed by atoms with Crippen LogP contribution in [-0.2, 0) is 0 Å². The van der Waals surface area contributed by atoms with E-state index in [4.69, 9.17) is 0 Å². The van der Waals surface area contributed by atoms with Gasteiger partial charge in [-0.25, -0.2) is 10.0 Å². The topological polar surface area (TPSA) is 12.0 Å². The van der Waals surface area contributed by atoms with Crippen molar-refractivity contribution in [3.63, 3.8) is 0 Å². The van der Waals surface area contributed by atoms with Gasteiger partial charge in [0.2, 0.25) is 0 Å². The van der Waals surface area contributed by atoms with Crippen molar-refractivity contribution in [1.82, 2.24) is 5.32 Å². The number of hydrogen-bond donors (Lipinski definition) is 1. The molecule has 0 aliphatic carbocycles. The summed E-state index contributed by atoms with van der Waals surface area (Å²) >= 11 is 0. The maximum atomic E-state index is 3.36. The highest BCUT2D eigenvalue weighted by Crippen LogP contribution is 2.39. The predicted molar refractivity (Wildman–Crippen MR) is 52.4 cm³/mol. The molecule has 1 rings (SSSR count). The van der Waals surface area contributed by atoms with Crippen LogP contribution in [0, 0.1) is 0 Å². The Balaban J connectivity index is 0.000000640. The first-order chi connectivity index (χ1) is 3.71. The molecule has 0 saturated carbocycles. The highest BCUT2D eigenvalue weighted by atomic mass is 79.9. The van der Waals surface area contributed by atoms with Gasteiger partial charge in [0, 0.05) is 13.1 Å². The zero-order chi connectivity index (χ0) is 6.04. The zero-order valence-corrected chi connectivity index (χ0v) is 8.67. The van der Waals surface area contributed by atoms with Gasteiger partial charge in [0.1, 0.15) is 0 Å². The van der Waals surface area contributed by atoms with Gasteiger partial charge in [-0.3, -0.25) is 0 Å². The van der Waals surface area contributed by atoms with Gasteiger partial charge in [-0.1, -0.05) is 0 Å². The van der Waals surface area contributed by atoms with Crippen molar-refractivity contribution in [3.05, 3.63) is 0 Å². The number of hydrogen-bond acceptors (Lipinski definition) is 1. The van der Waals surface area contributed by atoms with E-state index >= 15 is 0 Å². The third-order valence-electron chi connectivity index (χ3n) is 1.66. The standard InChI is InChI=1S/C6H15NS.BrH/c1-8(2)5-3-7-4-6-8;/h7H,3-6H2,1-2H3;1H. The Kier molecular flexibility index (Phi) is 4.17. The second-order valence-electron chi connectivity index (χ2n) is 2.93. The van der Waals surface area contributed by atoms with Crippen molar-refractivity contribution >= 4 is 27.0 Å². The zero-order valence-electron chi connectivity index (χ0n) is 6.14. The van der Waals surface area contributed by atoms with E-state index in [0.717, 1.165) is 0 Å². The molecule has 0 radical (unpaired) electrons. The van der Waals surface area contributed by atoms with Crippen molar-refractivity contribution in [1.29, 1.82) is 0 Å². The van der Waals surface area contributed by atoms with Crippen LogP contribution in [0.1, 0.15) is 0 Å². The molecular weight excluding hydrogens is 198 g/mol. The lowest BCUT2D eigenvalue weighted by Gasteiger charge is -2.35. The number of nitrogens with one attached hydrogen (secondary N) is 1. The minimum atomic E-state index is -0.145. The van der Waals surface area contributed by atoms with Gasteiger partial charge in [-0.2, -0.15) is 0 Å². The van der Waals surface area contributed by atoms with Crippen LogP contribution < -0.4 is 5.32 Å². The molecule has 0 aromatic rings. The summed E-state index contributed by atoms with van der Waals surface area (Å²) in [6, 6.07) is 0. The molecule has 9 heavy (non-hydrogen) atoms. The molecule has 0 aromatic heterocycles. The lowest BCUT2D eigenvalue weighted by atomic mass is 10.6. The van der Waals surface area contributed by atoms with Crippen molar-refractivity contribution in [2.45, 2.75) is 0 Å². The summed E-state index contributed by atoms with van der Waals surface area (Å²) < 4.78 is 0. The molecular formula is C6H16BrNS. The Hall–Kier alpha value is 0.790. The van der Waals surface area contributed by atoms with Gasteiger partial charge in [0.25, 0.3) is 0 Å². The molecule has 1 saturated heterocycles. The van der Waals surface area contributed by atoms with Crippen LogP contribution in [0.3, 0.4) is 0 Å². The Bertz CT molecular complexity index is 77.1.